The van der Waals surface area contributed by atoms with Crippen molar-refractivity contribution in [3.8, 4) is 17.2 Å². The molecule has 25 heavy (non-hydrogen) atoms. The summed E-state index contributed by atoms with van der Waals surface area (Å²) in [7, 11) is 0. The van der Waals surface area contributed by atoms with Crippen LogP contribution < -0.4 is 4.74 Å². The van der Waals surface area contributed by atoms with Gasteiger partial charge in [-0.2, -0.15) is 0 Å². The van der Waals surface area contributed by atoms with Crippen LogP contribution in [-0.2, 0) is 11.3 Å². The second kappa shape index (κ2) is 7.67. The third-order valence-electron chi connectivity index (χ3n) is 3.30. The zero-order chi connectivity index (χ0) is 17.8. The minimum Gasteiger partial charge on any atom is -0.486 e. The Kier molecular flexibility index (Phi) is 5.35. The fourth-order valence-electron chi connectivity index (χ4n) is 2.15. The van der Waals surface area contributed by atoms with E-state index in [1.54, 1.807) is 43.5 Å². The van der Waals surface area contributed by atoms with E-state index in [9.17, 15) is 4.79 Å². The maximum Gasteiger partial charge on any atom is 0.344 e. The highest BCUT2D eigenvalue weighted by molar-refractivity contribution is 7.09. The van der Waals surface area contributed by atoms with Gasteiger partial charge in [-0.05, 0) is 38.1 Å². The Labute approximate surface area is 153 Å². The average Bonchev–Trinajstić information content (AvgIpc) is 3.21. The van der Waals surface area contributed by atoms with Gasteiger partial charge in [-0.15, -0.1) is 11.3 Å². The first-order chi connectivity index (χ1) is 12.1. The van der Waals surface area contributed by atoms with E-state index >= 15 is 0 Å². The zero-order valence-corrected chi connectivity index (χ0v) is 15.2. The number of halogens is 1. The van der Waals surface area contributed by atoms with Crippen LogP contribution in [-0.4, -0.2) is 22.7 Å². The number of benzene rings is 1. The number of aromatic nitrogens is 2. The molecule has 0 unspecified atom stereocenters. The number of hydrogen-bond acceptors (Lipinski definition) is 7. The van der Waals surface area contributed by atoms with Gasteiger partial charge in [0.1, 0.15) is 28.6 Å². The van der Waals surface area contributed by atoms with Gasteiger partial charge in [0, 0.05) is 10.4 Å². The van der Waals surface area contributed by atoms with E-state index in [-0.39, 0.29) is 6.61 Å². The largest absolute Gasteiger partial charge is 0.486 e. The van der Waals surface area contributed by atoms with Gasteiger partial charge in [-0.1, -0.05) is 16.8 Å². The molecule has 0 saturated carbocycles. The SMILES string of the molecule is CCOC(=O)c1c(C)noc1-c1csc(COc2ccc(Cl)cc2)n1. The number of thiazole rings is 1. The highest BCUT2D eigenvalue weighted by atomic mass is 35.5. The molecule has 0 aliphatic carbocycles. The van der Waals surface area contributed by atoms with Crippen LogP contribution in [0.2, 0.25) is 5.02 Å². The highest BCUT2D eigenvalue weighted by Gasteiger charge is 2.24. The summed E-state index contributed by atoms with van der Waals surface area (Å²) < 4.78 is 16.0. The smallest absolute Gasteiger partial charge is 0.344 e. The van der Waals surface area contributed by atoms with Crippen LogP contribution in [0.5, 0.6) is 5.75 Å². The summed E-state index contributed by atoms with van der Waals surface area (Å²) in [6.07, 6.45) is 0. The molecule has 8 heteroatoms. The molecule has 0 radical (unpaired) electrons. The molecule has 0 fully saturated rings. The number of hydrogen-bond donors (Lipinski definition) is 0. The lowest BCUT2D eigenvalue weighted by atomic mass is 10.1. The lowest BCUT2D eigenvalue weighted by Gasteiger charge is -2.03. The number of carbonyl (C=O) groups is 1. The Morgan fingerprint density at radius 2 is 2.08 bits per heavy atom. The first-order valence-electron chi connectivity index (χ1n) is 7.55. The highest BCUT2D eigenvalue weighted by Crippen LogP contribution is 2.28. The van der Waals surface area contributed by atoms with Crippen molar-refractivity contribution >= 4 is 28.9 Å². The molecule has 0 aliphatic heterocycles. The molecule has 0 atom stereocenters. The van der Waals surface area contributed by atoms with E-state index in [2.05, 4.69) is 10.1 Å². The van der Waals surface area contributed by atoms with Crippen molar-refractivity contribution in [1.29, 1.82) is 0 Å². The molecule has 0 aliphatic rings. The van der Waals surface area contributed by atoms with Crippen LogP contribution in [0.4, 0.5) is 0 Å². The number of ether oxygens (including phenoxy) is 2. The second-order valence-corrected chi connectivity index (χ2v) is 6.44. The Bertz CT molecular complexity index is 873. The summed E-state index contributed by atoms with van der Waals surface area (Å²) >= 11 is 7.25. The van der Waals surface area contributed by atoms with Gasteiger partial charge in [0.05, 0.1) is 12.3 Å². The third kappa shape index (κ3) is 4.00. The van der Waals surface area contributed by atoms with Gasteiger partial charge in [-0.25, -0.2) is 9.78 Å². The molecular weight excluding hydrogens is 364 g/mol. The van der Waals surface area contributed by atoms with Crippen LogP contribution in [0.3, 0.4) is 0 Å². The molecule has 0 amide bonds. The number of esters is 1. The maximum absolute atomic E-state index is 12.1. The van der Waals surface area contributed by atoms with Gasteiger partial charge in [-0.3, -0.25) is 0 Å². The molecule has 6 nitrogen and oxygen atoms in total. The lowest BCUT2D eigenvalue weighted by Crippen LogP contribution is -2.06. The van der Waals surface area contributed by atoms with Crippen molar-refractivity contribution in [1.82, 2.24) is 10.1 Å². The normalized spacial score (nSPS) is 10.7. The van der Waals surface area contributed by atoms with Gasteiger partial charge in [0.2, 0.25) is 5.76 Å². The molecule has 0 N–H and O–H groups in total. The third-order valence-corrected chi connectivity index (χ3v) is 4.38. The van der Waals surface area contributed by atoms with Crippen molar-refractivity contribution in [3.63, 3.8) is 0 Å². The lowest BCUT2D eigenvalue weighted by molar-refractivity contribution is 0.0526. The molecule has 2 aromatic heterocycles. The van der Waals surface area contributed by atoms with Crippen LogP contribution in [0, 0.1) is 6.92 Å². The van der Waals surface area contributed by atoms with E-state index in [1.165, 1.54) is 11.3 Å². The summed E-state index contributed by atoms with van der Waals surface area (Å²) in [5, 5.41) is 7.04. The molecule has 130 valence electrons. The monoisotopic (exact) mass is 378 g/mol. The minimum atomic E-state index is -0.469. The van der Waals surface area contributed by atoms with Crippen molar-refractivity contribution in [2.24, 2.45) is 0 Å². The average molecular weight is 379 g/mol. The summed E-state index contributed by atoms with van der Waals surface area (Å²) in [6.45, 7) is 4.01. The van der Waals surface area contributed by atoms with Crippen LogP contribution in [0.25, 0.3) is 11.5 Å². The van der Waals surface area contributed by atoms with Crippen LogP contribution in [0.1, 0.15) is 28.0 Å². The molecule has 1 aromatic carbocycles. The molecule has 3 rings (SSSR count). The second-order valence-electron chi connectivity index (χ2n) is 5.06. The number of nitrogens with zero attached hydrogens (tertiary/aromatic N) is 2. The predicted octanol–water partition coefficient (Wildman–Crippen LogP) is 4.52. The topological polar surface area (TPSA) is 74.5 Å². The van der Waals surface area contributed by atoms with Crippen molar-refractivity contribution in [2.75, 3.05) is 6.61 Å². The summed E-state index contributed by atoms with van der Waals surface area (Å²) in [5.41, 5.74) is 1.31. The van der Waals surface area contributed by atoms with Gasteiger partial charge in [0.15, 0.2) is 0 Å². The Morgan fingerprint density at radius 3 is 2.80 bits per heavy atom. The van der Waals surface area contributed by atoms with E-state index in [0.29, 0.717) is 40.1 Å². The standard InChI is InChI=1S/C17H15ClN2O4S/c1-3-22-17(21)15-10(2)20-24-16(15)13-9-25-14(19-13)8-23-12-6-4-11(18)5-7-12/h4-7,9H,3,8H2,1-2H3. The van der Waals surface area contributed by atoms with Crippen molar-refractivity contribution in [3.05, 3.63) is 50.9 Å². The summed E-state index contributed by atoms with van der Waals surface area (Å²) in [6, 6.07) is 7.09. The van der Waals surface area contributed by atoms with E-state index in [0.717, 1.165) is 5.01 Å². The molecule has 3 aromatic rings. The fraction of sp³-hybridized carbons (Fsp3) is 0.235. The molecular formula is C17H15ClN2O4S. The Balaban J connectivity index is 1.75. The van der Waals surface area contributed by atoms with Gasteiger partial charge >= 0.3 is 5.97 Å². The number of aryl methyl sites for hydroxylation is 1. The van der Waals surface area contributed by atoms with Crippen LogP contribution in [0.15, 0.2) is 34.2 Å². The predicted molar refractivity (Wildman–Crippen MR) is 94.1 cm³/mol. The van der Waals surface area contributed by atoms with Gasteiger partial charge in [0.25, 0.3) is 0 Å². The van der Waals surface area contributed by atoms with E-state index in [1.807, 2.05) is 0 Å². The molecule has 2 heterocycles. The minimum absolute atomic E-state index is 0.278. The molecule has 0 spiro atoms. The maximum atomic E-state index is 12.1. The first-order valence-corrected chi connectivity index (χ1v) is 8.80. The Hall–Kier alpha value is -2.38. The van der Waals surface area contributed by atoms with Crippen LogP contribution >= 0.6 is 22.9 Å². The Morgan fingerprint density at radius 1 is 1.32 bits per heavy atom. The molecule has 0 saturated heterocycles. The number of rotatable bonds is 6. The van der Waals surface area contributed by atoms with E-state index < -0.39 is 5.97 Å². The quantitative estimate of drug-likeness (QED) is 0.587. The zero-order valence-electron chi connectivity index (χ0n) is 13.6. The fourth-order valence-corrected chi connectivity index (χ4v) is 2.96. The number of carbonyl (C=O) groups excluding carboxylic acids is 1. The summed E-state index contributed by atoms with van der Waals surface area (Å²) in [5.74, 6) is 0.539. The molecule has 0 bridgehead atoms. The van der Waals surface area contributed by atoms with Crippen molar-refractivity contribution in [2.45, 2.75) is 20.5 Å². The van der Waals surface area contributed by atoms with Crippen molar-refractivity contribution < 1.29 is 18.8 Å². The summed E-state index contributed by atoms with van der Waals surface area (Å²) in [4.78, 5) is 16.5. The van der Waals surface area contributed by atoms with E-state index in [4.69, 9.17) is 25.6 Å². The first kappa shape index (κ1) is 17.4. The van der Waals surface area contributed by atoms with Gasteiger partial charge < -0.3 is 14.0 Å².